The van der Waals surface area contributed by atoms with Crippen LogP contribution in [0.1, 0.15) is 0 Å². The highest BCUT2D eigenvalue weighted by atomic mass is 16.4. The van der Waals surface area contributed by atoms with Gasteiger partial charge in [0.05, 0.1) is 0 Å². The van der Waals surface area contributed by atoms with Crippen molar-refractivity contribution in [2.24, 2.45) is 5.73 Å². The molecule has 4 heteroatoms. The second-order valence-electron chi connectivity index (χ2n) is 1.87. The maximum absolute atomic E-state index is 10.1. The Morgan fingerprint density at radius 3 is 2.70 bits per heavy atom. The largest absolute Gasteiger partial charge is 0.478 e. The zero-order chi connectivity index (χ0) is 7.98. The summed E-state index contributed by atoms with van der Waals surface area (Å²) in [5.41, 5.74) is 5.31. The molecule has 0 aromatic heterocycles. The molecule has 0 aliphatic carbocycles. The van der Waals surface area contributed by atoms with Gasteiger partial charge in [-0.25, -0.2) is 4.79 Å². The van der Waals surface area contributed by atoms with Gasteiger partial charge in [0, 0.05) is 25.2 Å². The fraction of sp³-hybridized carbons (Fsp3) is 0.500. The number of carboxylic acids is 1. The van der Waals surface area contributed by atoms with Crippen molar-refractivity contribution in [3.8, 4) is 0 Å². The molecule has 4 N–H and O–H groups in total. The Balaban J connectivity index is 3.31. The first-order valence-electron chi connectivity index (χ1n) is 3.00. The average Bonchev–Trinajstić information content (AvgIpc) is 1.88. The van der Waals surface area contributed by atoms with Crippen molar-refractivity contribution in [3.05, 3.63) is 12.2 Å². The minimum atomic E-state index is -0.968. The number of rotatable bonds is 5. The second-order valence-corrected chi connectivity index (χ2v) is 1.87. The van der Waals surface area contributed by atoms with Crippen LogP contribution in [0.2, 0.25) is 0 Å². The highest BCUT2D eigenvalue weighted by molar-refractivity contribution is 5.86. The molecule has 0 atom stereocenters. The fourth-order valence-electron chi connectivity index (χ4n) is 0.417. The van der Waals surface area contributed by atoms with E-state index in [0.29, 0.717) is 19.6 Å². The first kappa shape index (κ1) is 9.13. The number of carbonyl (C=O) groups is 1. The van der Waals surface area contributed by atoms with Crippen LogP contribution in [-0.2, 0) is 4.79 Å². The lowest BCUT2D eigenvalue weighted by Crippen LogP contribution is -2.26. The highest BCUT2D eigenvalue weighted by Crippen LogP contribution is 1.84. The van der Waals surface area contributed by atoms with Crippen molar-refractivity contribution in [3.63, 3.8) is 0 Å². The van der Waals surface area contributed by atoms with Gasteiger partial charge >= 0.3 is 5.97 Å². The van der Waals surface area contributed by atoms with Crippen LogP contribution in [0.5, 0.6) is 0 Å². The van der Waals surface area contributed by atoms with Crippen LogP contribution in [0.25, 0.3) is 0 Å². The molecule has 0 aromatic carbocycles. The molecule has 0 fully saturated rings. The summed E-state index contributed by atoms with van der Waals surface area (Å²) in [6.45, 7) is 4.75. The van der Waals surface area contributed by atoms with E-state index >= 15 is 0 Å². The van der Waals surface area contributed by atoms with E-state index in [-0.39, 0.29) is 5.57 Å². The van der Waals surface area contributed by atoms with Gasteiger partial charge in [-0.05, 0) is 0 Å². The van der Waals surface area contributed by atoms with Crippen LogP contribution in [0.15, 0.2) is 12.2 Å². The highest BCUT2D eigenvalue weighted by Gasteiger charge is 2.00. The van der Waals surface area contributed by atoms with Gasteiger partial charge in [0.25, 0.3) is 0 Å². The Kier molecular flexibility index (Phi) is 4.53. The summed E-state index contributed by atoms with van der Waals surface area (Å²) in [6, 6.07) is 0. The summed E-state index contributed by atoms with van der Waals surface area (Å²) in [4.78, 5) is 10.1. The van der Waals surface area contributed by atoms with Crippen molar-refractivity contribution in [1.82, 2.24) is 5.32 Å². The van der Waals surface area contributed by atoms with Gasteiger partial charge in [-0.15, -0.1) is 0 Å². The van der Waals surface area contributed by atoms with Crippen LogP contribution in [0.4, 0.5) is 0 Å². The van der Waals surface area contributed by atoms with Gasteiger partial charge in [0.2, 0.25) is 0 Å². The van der Waals surface area contributed by atoms with Crippen LogP contribution < -0.4 is 11.1 Å². The van der Waals surface area contributed by atoms with E-state index < -0.39 is 5.97 Å². The molecule has 0 saturated carbocycles. The lowest BCUT2D eigenvalue weighted by atomic mass is 10.3. The number of hydrogen-bond donors (Lipinski definition) is 3. The summed E-state index contributed by atoms with van der Waals surface area (Å²) >= 11 is 0. The van der Waals surface area contributed by atoms with E-state index in [1.165, 1.54) is 0 Å². The molecule has 0 bridgehead atoms. The monoisotopic (exact) mass is 144 g/mol. The Labute approximate surface area is 59.7 Å². The number of nitrogens with one attached hydrogen (secondary N) is 1. The number of carboxylic acid groups (broad SMARTS) is 1. The Hall–Kier alpha value is -0.870. The molecule has 4 nitrogen and oxygen atoms in total. The molecular weight excluding hydrogens is 132 g/mol. The molecule has 0 aliphatic rings. The third-order valence-corrected chi connectivity index (χ3v) is 0.962. The molecule has 0 amide bonds. The third kappa shape index (κ3) is 4.05. The average molecular weight is 144 g/mol. The summed E-state index contributed by atoms with van der Waals surface area (Å²) in [6.07, 6.45) is 0. The zero-order valence-electron chi connectivity index (χ0n) is 5.76. The normalized spacial score (nSPS) is 9.30. The zero-order valence-corrected chi connectivity index (χ0v) is 5.76. The Bertz CT molecular complexity index is 134. The third-order valence-electron chi connectivity index (χ3n) is 0.962. The van der Waals surface area contributed by atoms with Crippen LogP contribution >= 0.6 is 0 Å². The van der Waals surface area contributed by atoms with E-state index in [1.807, 2.05) is 0 Å². The molecule has 0 spiro atoms. The lowest BCUT2D eigenvalue weighted by molar-refractivity contribution is -0.132. The van der Waals surface area contributed by atoms with Gasteiger partial charge in [-0.2, -0.15) is 0 Å². The van der Waals surface area contributed by atoms with E-state index in [2.05, 4.69) is 11.9 Å². The summed E-state index contributed by atoms with van der Waals surface area (Å²) in [5.74, 6) is -0.968. The first-order valence-corrected chi connectivity index (χ1v) is 3.00. The van der Waals surface area contributed by atoms with Gasteiger partial charge in [-0.1, -0.05) is 6.58 Å². The van der Waals surface area contributed by atoms with Crippen LogP contribution in [-0.4, -0.2) is 30.7 Å². The quantitative estimate of drug-likeness (QED) is 0.348. The number of hydrogen-bond acceptors (Lipinski definition) is 3. The van der Waals surface area contributed by atoms with E-state index in [9.17, 15) is 4.79 Å². The number of aliphatic carboxylic acids is 1. The molecule has 0 rings (SSSR count). The van der Waals surface area contributed by atoms with Crippen molar-refractivity contribution >= 4 is 5.97 Å². The molecule has 0 aliphatic heterocycles. The van der Waals surface area contributed by atoms with Crippen molar-refractivity contribution in [1.29, 1.82) is 0 Å². The predicted octanol–water partition coefficient (Wildman–Crippen LogP) is -0.824. The predicted molar refractivity (Wildman–Crippen MR) is 38.7 cm³/mol. The lowest BCUT2D eigenvalue weighted by Gasteiger charge is -2.00. The van der Waals surface area contributed by atoms with Gasteiger partial charge < -0.3 is 16.2 Å². The number of nitrogens with two attached hydrogens (primary N) is 1. The van der Waals surface area contributed by atoms with Gasteiger partial charge in [0.1, 0.15) is 0 Å². The minimum Gasteiger partial charge on any atom is -0.478 e. The molecule has 58 valence electrons. The first-order chi connectivity index (χ1) is 4.68. The van der Waals surface area contributed by atoms with Gasteiger partial charge in [0.15, 0.2) is 0 Å². The second kappa shape index (κ2) is 4.96. The molecular formula is C6H12N2O2. The van der Waals surface area contributed by atoms with E-state index in [1.54, 1.807) is 0 Å². The standard InChI is InChI=1S/C6H12N2O2/c1-5(6(9)10)4-8-3-2-7/h8H,1-4,7H2,(H,9,10). The smallest absolute Gasteiger partial charge is 0.332 e. The van der Waals surface area contributed by atoms with Crippen molar-refractivity contribution < 1.29 is 9.90 Å². The summed E-state index contributed by atoms with van der Waals surface area (Å²) < 4.78 is 0. The molecule has 0 aromatic rings. The maximum Gasteiger partial charge on any atom is 0.332 e. The molecule has 0 unspecified atom stereocenters. The molecule has 0 radical (unpaired) electrons. The summed E-state index contributed by atoms with van der Waals surface area (Å²) in [5, 5.41) is 11.1. The van der Waals surface area contributed by atoms with E-state index in [0.717, 1.165) is 0 Å². The SMILES string of the molecule is C=C(CNCCN)C(=O)O. The Morgan fingerprint density at radius 2 is 2.30 bits per heavy atom. The van der Waals surface area contributed by atoms with Crippen LogP contribution in [0.3, 0.4) is 0 Å². The van der Waals surface area contributed by atoms with Crippen molar-refractivity contribution in [2.45, 2.75) is 0 Å². The summed E-state index contributed by atoms with van der Waals surface area (Å²) in [7, 11) is 0. The minimum absolute atomic E-state index is 0.161. The topological polar surface area (TPSA) is 75.3 Å². The molecule has 0 saturated heterocycles. The Morgan fingerprint density at radius 1 is 1.70 bits per heavy atom. The van der Waals surface area contributed by atoms with E-state index in [4.69, 9.17) is 10.8 Å². The molecule has 0 heterocycles. The fourth-order valence-corrected chi connectivity index (χ4v) is 0.417. The van der Waals surface area contributed by atoms with Crippen molar-refractivity contribution in [2.75, 3.05) is 19.6 Å². The maximum atomic E-state index is 10.1. The molecule has 10 heavy (non-hydrogen) atoms. The van der Waals surface area contributed by atoms with Crippen LogP contribution in [0, 0.1) is 0 Å². The van der Waals surface area contributed by atoms with Gasteiger partial charge in [-0.3, -0.25) is 0 Å².